The fraction of sp³-hybridized carbons (Fsp3) is 0.417. The van der Waals surface area contributed by atoms with Crippen LogP contribution < -0.4 is 11.1 Å². The van der Waals surface area contributed by atoms with E-state index in [2.05, 4.69) is 16.3 Å². The van der Waals surface area contributed by atoms with Crippen LogP contribution in [-0.4, -0.2) is 24.4 Å². The molecule has 0 saturated carbocycles. The van der Waals surface area contributed by atoms with Gasteiger partial charge in [-0.1, -0.05) is 6.07 Å². The molecule has 4 nitrogen and oxygen atoms in total. The Balaban J connectivity index is 1.93. The molecular weight excluding hydrogens is 202 g/mol. The SMILES string of the molecule is CNC(=O)CCN1Cc2ccc(N)cc2C1. The number of benzene rings is 1. The summed E-state index contributed by atoms with van der Waals surface area (Å²) in [7, 11) is 1.67. The third-order valence-electron chi connectivity index (χ3n) is 2.95. The number of nitrogen functional groups attached to an aromatic ring is 1. The Hall–Kier alpha value is -1.55. The number of anilines is 1. The summed E-state index contributed by atoms with van der Waals surface area (Å²) in [4.78, 5) is 13.4. The Morgan fingerprint density at radius 2 is 2.19 bits per heavy atom. The highest BCUT2D eigenvalue weighted by Gasteiger charge is 2.18. The number of amides is 1. The highest BCUT2D eigenvalue weighted by atomic mass is 16.1. The second-order valence-electron chi connectivity index (χ2n) is 4.16. The van der Waals surface area contributed by atoms with Crippen LogP contribution in [0.5, 0.6) is 0 Å². The Morgan fingerprint density at radius 1 is 1.44 bits per heavy atom. The first-order chi connectivity index (χ1) is 7.69. The maximum atomic E-state index is 11.1. The van der Waals surface area contributed by atoms with Crippen LogP contribution in [0.15, 0.2) is 18.2 Å². The minimum atomic E-state index is 0.0930. The van der Waals surface area contributed by atoms with Gasteiger partial charge in [0.15, 0.2) is 0 Å². The van der Waals surface area contributed by atoms with Crippen molar-refractivity contribution < 1.29 is 4.79 Å². The summed E-state index contributed by atoms with van der Waals surface area (Å²) in [5.74, 6) is 0.0930. The molecule has 4 heteroatoms. The van der Waals surface area contributed by atoms with Crippen molar-refractivity contribution in [3.8, 4) is 0 Å². The molecule has 86 valence electrons. The van der Waals surface area contributed by atoms with E-state index >= 15 is 0 Å². The summed E-state index contributed by atoms with van der Waals surface area (Å²) >= 11 is 0. The van der Waals surface area contributed by atoms with Crippen molar-refractivity contribution in [2.75, 3.05) is 19.3 Å². The lowest BCUT2D eigenvalue weighted by molar-refractivity contribution is -0.120. The van der Waals surface area contributed by atoms with Gasteiger partial charge in [-0.15, -0.1) is 0 Å². The summed E-state index contributed by atoms with van der Waals surface area (Å²) in [5, 5.41) is 2.63. The van der Waals surface area contributed by atoms with Gasteiger partial charge in [0.05, 0.1) is 0 Å². The van der Waals surface area contributed by atoms with Crippen LogP contribution in [0, 0.1) is 0 Å². The highest BCUT2D eigenvalue weighted by Crippen LogP contribution is 2.24. The number of carbonyl (C=O) groups excluding carboxylic acids is 1. The van der Waals surface area contributed by atoms with Gasteiger partial charge in [-0.2, -0.15) is 0 Å². The molecule has 0 fully saturated rings. The van der Waals surface area contributed by atoms with Crippen molar-refractivity contribution in [2.45, 2.75) is 19.5 Å². The third kappa shape index (κ3) is 2.33. The van der Waals surface area contributed by atoms with E-state index in [1.54, 1.807) is 7.05 Å². The second-order valence-corrected chi connectivity index (χ2v) is 4.16. The minimum Gasteiger partial charge on any atom is -0.399 e. The molecule has 2 rings (SSSR count). The van der Waals surface area contributed by atoms with Crippen molar-refractivity contribution >= 4 is 11.6 Å². The molecule has 1 heterocycles. The zero-order valence-corrected chi connectivity index (χ0v) is 9.49. The molecule has 0 aliphatic carbocycles. The van der Waals surface area contributed by atoms with Crippen molar-refractivity contribution in [1.82, 2.24) is 10.2 Å². The summed E-state index contributed by atoms with van der Waals surface area (Å²) in [5.41, 5.74) is 9.16. The molecule has 0 radical (unpaired) electrons. The number of nitrogens with one attached hydrogen (secondary N) is 1. The van der Waals surface area contributed by atoms with Crippen LogP contribution in [0.25, 0.3) is 0 Å². The molecule has 1 aromatic rings. The number of nitrogens with zero attached hydrogens (tertiary/aromatic N) is 1. The monoisotopic (exact) mass is 219 g/mol. The molecule has 0 aromatic heterocycles. The molecule has 0 unspecified atom stereocenters. The van der Waals surface area contributed by atoms with Gasteiger partial charge < -0.3 is 11.1 Å². The van der Waals surface area contributed by atoms with Gasteiger partial charge in [-0.3, -0.25) is 9.69 Å². The van der Waals surface area contributed by atoms with Crippen LogP contribution in [0.3, 0.4) is 0 Å². The molecule has 1 aliphatic heterocycles. The van der Waals surface area contributed by atoms with Crippen LogP contribution >= 0.6 is 0 Å². The van der Waals surface area contributed by atoms with Gasteiger partial charge in [0.2, 0.25) is 5.91 Å². The Kier molecular flexibility index (Phi) is 3.10. The largest absolute Gasteiger partial charge is 0.399 e. The average molecular weight is 219 g/mol. The van der Waals surface area contributed by atoms with Crippen molar-refractivity contribution in [3.05, 3.63) is 29.3 Å². The summed E-state index contributed by atoms with van der Waals surface area (Å²) in [6.07, 6.45) is 0.556. The number of fused-ring (bicyclic) bond motifs is 1. The lowest BCUT2D eigenvalue weighted by Crippen LogP contribution is -2.25. The van der Waals surface area contributed by atoms with E-state index in [4.69, 9.17) is 5.73 Å². The summed E-state index contributed by atoms with van der Waals surface area (Å²) < 4.78 is 0. The van der Waals surface area contributed by atoms with Gasteiger partial charge in [-0.05, 0) is 23.3 Å². The maximum absolute atomic E-state index is 11.1. The van der Waals surface area contributed by atoms with Crippen molar-refractivity contribution in [1.29, 1.82) is 0 Å². The fourth-order valence-corrected chi connectivity index (χ4v) is 2.03. The number of nitrogens with two attached hydrogens (primary N) is 1. The summed E-state index contributed by atoms with van der Waals surface area (Å²) in [6.45, 7) is 2.62. The zero-order valence-electron chi connectivity index (χ0n) is 9.49. The van der Waals surface area contributed by atoms with Crippen molar-refractivity contribution in [3.63, 3.8) is 0 Å². The van der Waals surface area contributed by atoms with Crippen LogP contribution in [0.4, 0.5) is 5.69 Å². The van der Waals surface area contributed by atoms with E-state index < -0.39 is 0 Å². The molecule has 0 spiro atoms. The van der Waals surface area contributed by atoms with Gasteiger partial charge in [0, 0.05) is 38.8 Å². The molecule has 1 aromatic carbocycles. The lowest BCUT2D eigenvalue weighted by Gasteiger charge is -2.13. The van der Waals surface area contributed by atoms with Gasteiger partial charge in [-0.25, -0.2) is 0 Å². The number of hydrogen-bond acceptors (Lipinski definition) is 3. The first-order valence-electron chi connectivity index (χ1n) is 5.49. The first-order valence-corrected chi connectivity index (χ1v) is 5.49. The average Bonchev–Trinajstić information content (AvgIpc) is 2.67. The van der Waals surface area contributed by atoms with Crippen molar-refractivity contribution in [2.24, 2.45) is 0 Å². The quantitative estimate of drug-likeness (QED) is 0.736. The Morgan fingerprint density at radius 3 is 2.94 bits per heavy atom. The van der Waals surface area contributed by atoms with E-state index in [1.165, 1.54) is 11.1 Å². The van der Waals surface area contributed by atoms with Gasteiger partial charge in [0.1, 0.15) is 0 Å². The molecule has 0 atom stereocenters. The summed E-state index contributed by atoms with van der Waals surface area (Å²) in [6, 6.07) is 6.03. The maximum Gasteiger partial charge on any atom is 0.221 e. The van der Waals surface area contributed by atoms with Crippen LogP contribution in [0.1, 0.15) is 17.5 Å². The molecule has 0 saturated heterocycles. The van der Waals surface area contributed by atoms with E-state index in [0.717, 1.165) is 25.3 Å². The predicted octanol–water partition coefficient (Wildman–Crippen LogP) is 0.720. The van der Waals surface area contributed by atoms with E-state index in [1.807, 2.05) is 12.1 Å². The number of carbonyl (C=O) groups is 1. The molecule has 0 bridgehead atoms. The lowest BCUT2D eigenvalue weighted by atomic mass is 10.1. The fourth-order valence-electron chi connectivity index (χ4n) is 2.03. The minimum absolute atomic E-state index is 0.0930. The Bertz CT molecular complexity index is 403. The third-order valence-corrected chi connectivity index (χ3v) is 2.95. The highest BCUT2D eigenvalue weighted by molar-refractivity contribution is 5.75. The standard InChI is InChI=1S/C12H17N3O/c1-14-12(16)4-5-15-7-9-2-3-11(13)6-10(9)8-15/h2-3,6H,4-5,7-8,13H2,1H3,(H,14,16). The van der Waals surface area contributed by atoms with Gasteiger partial charge in [0.25, 0.3) is 0 Å². The molecular formula is C12H17N3O. The topological polar surface area (TPSA) is 58.4 Å². The predicted molar refractivity (Wildman–Crippen MR) is 63.7 cm³/mol. The van der Waals surface area contributed by atoms with E-state index in [-0.39, 0.29) is 5.91 Å². The molecule has 1 amide bonds. The smallest absolute Gasteiger partial charge is 0.221 e. The van der Waals surface area contributed by atoms with E-state index in [0.29, 0.717) is 6.42 Å². The normalized spacial score (nSPS) is 14.8. The molecule has 1 aliphatic rings. The first kappa shape index (κ1) is 11.0. The second kappa shape index (κ2) is 4.53. The van der Waals surface area contributed by atoms with Gasteiger partial charge >= 0.3 is 0 Å². The molecule has 3 N–H and O–H groups in total. The van der Waals surface area contributed by atoms with Crippen LogP contribution in [0.2, 0.25) is 0 Å². The zero-order chi connectivity index (χ0) is 11.5. The Labute approximate surface area is 95.4 Å². The molecule has 16 heavy (non-hydrogen) atoms. The number of hydrogen-bond donors (Lipinski definition) is 2. The van der Waals surface area contributed by atoms with E-state index in [9.17, 15) is 4.79 Å². The number of rotatable bonds is 3. The van der Waals surface area contributed by atoms with Crippen LogP contribution in [-0.2, 0) is 17.9 Å².